The molecule has 6 nitrogen and oxygen atoms in total. The van der Waals surface area contributed by atoms with Crippen molar-refractivity contribution in [3.63, 3.8) is 0 Å². The average molecular weight is 230 g/mol. The van der Waals surface area contributed by atoms with Crippen LogP contribution in [0.2, 0.25) is 0 Å². The van der Waals surface area contributed by atoms with Crippen LogP contribution in [0.4, 0.5) is 0 Å². The minimum atomic E-state index is -1.92. The first-order valence-corrected chi connectivity index (χ1v) is 5.32. The Bertz CT molecular complexity index is 291. The summed E-state index contributed by atoms with van der Waals surface area (Å²) < 4.78 is 0. The third-order valence-corrected chi connectivity index (χ3v) is 2.91. The van der Waals surface area contributed by atoms with Crippen molar-refractivity contribution >= 4 is 11.9 Å². The molecular weight excluding hydrogens is 212 g/mol. The minimum absolute atomic E-state index is 0.0516. The topological polar surface area (TPSA) is 113 Å². The van der Waals surface area contributed by atoms with Gasteiger partial charge in [-0.3, -0.25) is 4.79 Å². The Kier molecular flexibility index (Phi) is 3.88. The van der Waals surface area contributed by atoms with Crippen LogP contribution in [0.5, 0.6) is 0 Å². The lowest BCUT2D eigenvalue weighted by Crippen LogP contribution is -2.47. The number of hydrogen-bond acceptors (Lipinski definition) is 4. The van der Waals surface area contributed by atoms with Crippen LogP contribution in [0.15, 0.2) is 0 Å². The van der Waals surface area contributed by atoms with Gasteiger partial charge in [0.2, 0.25) is 5.91 Å². The monoisotopic (exact) mass is 230 g/mol. The molecule has 5 N–H and O–H groups in total. The third-order valence-electron chi connectivity index (χ3n) is 2.91. The predicted molar refractivity (Wildman–Crippen MR) is 56.6 cm³/mol. The van der Waals surface area contributed by atoms with E-state index in [1.54, 1.807) is 0 Å². The Balaban J connectivity index is 2.38. The summed E-state index contributed by atoms with van der Waals surface area (Å²) >= 11 is 0. The van der Waals surface area contributed by atoms with Crippen LogP contribution >= 0.6 is 0 Å². The number of nitrogens with one attached hydrogen (secondary N) is 1. The second-order valence-corrected chi connectivity index (χ2v) is 4.57. The van der Waals surface area contributed by atoms with E-state index >= 15 is 0 Å². The lowest BCUT2D eigenvalue weighted by molar-refractivity contribution is -0.156. The van der Waals surface area contributed by atoms with Crippen molar-refractivity contribution in [2.75, 3.05) is 6.54 Å². The van der Waals surface area contributed by atoms with E-state index in [0.717, 1.165) is 19.8 Å². The summed E-state index contributed by atoms with van der Waals surface area (Å²) in [5.41, 5.74) is 3.75. The minimum Gasteiger partial charge on any atom is -0.479 e. The maximum absolute atomic E-state index is 11.6. The predicted octanol–water partition coefficient (Wildman–Crippen LogP) is -0.934. The molecule has 0 bridgehead atoms. The molecular formula is C10H18N2O4. The summed E-state index contributed by atoms with van der Waals surface area (Å²) in [4.78, 5) is 22.2. The van der Waals surface area contributed by atoms with E-state index in [-0.39, 0.29) is 24.4 Å². The quantitative estimate of drug-likeness (QED) is 0.498. The maximum atomic E-state index is 11.6. The molecule has 0 saturated heterocycles. The van der Waals surface area contributed by atoms with Gasteiger partial charge in [0.1, 0.15) is 0 Å². The molecule has 1 amide bonds. The van der Waals surface area contributed by atoms with E-state index in [2.05, 4.69) is 5.32 Å². The molecule has 0 aromatic rings. The normalized spacial score (nSPS) is 28.4. The number of aliphatic carboxylic acids is 1. The third kappa shape index (κ3) is 3.18. The summed E-state index contributed by atoms with van der Waals surface area (Å²) in [6.45, 7) is 0.864. The molecule has 1 aliphatic rings. The molecule has 0 aromatic carbocycles. The Morgan fingerprint density at radius 1 is 1.50 bits per heavy atom. The second kappa shape index (κ2) is 4.80. The Labute approximate surface area is 93.8 Å². The molecule has 1 aliphatic carbocycles. The summed E-state index contributed by atoms with van der Waals surface area (Å²) in [7, 11) is 0. The molecule has 0 spiro atoms. The first kappa shape index (κ1) is 12.9. The number of aliphatic hydroxyl groups is 1. The van der Waals surface area contributed by atoms with Gasteiger partial charge in [-0.15, -0.1) is 0 Å². The van der Waals surface area contributed by atoms with Gasteiger partial charge < -0.3 is 21.3 Å². The van der Waals surface area contributed by atoms with Crippen LogP contribution in [0.3, 0.4) is 0 Å². The van der Waals surface area contributed by atoms with E-state index in [1.807, 2.05) is 0 Å². The lowest BCUT2D eigenvalue weighted by atomic mass is 10.0. The number of carboxylic acid groups (broad SMARTS) is 1. The molecule has 0 radical (unpaired) electrons. The Hall–Kier alpha value is -1.14. The number of amides is 1. The van der Waals surface area contributed by atoms with Gasteiger partial charge >= 0.3 is 5.97 Å². The van der Waals surface area contributed by atoms with Crippen molar-refractivity contribution in [2.45, 2.75) is 37.8 Å². The van der Waals surface area contributed by atoms with Gasteiger partial charge in [0.05, 0.1) is 6.54 Å². The summed E-state index contributed by atoms with van der Waals surface area (Å²) in [6, 6.07) is 0.0516. The van der Waals surface area contributed by atoms with Crippen LogP contribution in [-0.2, 0) is 9.59 Å². The Morgan fingerprint density at radius 2 is 2.12 bits per heavy atom. The zero-order chi connectivity index (χ0) is 12.3. The van der Waals surface area contributed by atoms with E-state index in [1.165, 1.54) is 0 Å². The van der Waals surface area contributed by atoms with E-state index in [9.17, 15) is 14.7 Å². The van der Waals surface area contributed by atoms with Gasteiger partial charge in [-0.1, -0.05) is 0 Å². The van der Waals surface area contributed by atoms with Crippen molar-refractivity contribution < 1.29 is 19.8 Å². The SMILES string of the molecule is CC(O)(CNC(=O)C1CCC(N)C1)C(=O)O. The zero-order valence-corrected chi connectivity index (χ0v) is 9.27. The van der Waals surface area contributed by atoms with E-state index in [4.69, 9.17) is 10.8 Å². The number of rotatable bonds is 4. The highest BCUT2D eigenvalue weighted by molar-refractivity contribution is 5.81. The number of carboxylic acids is 1. The van der Waals surface area contributed by atoms with Gasteiger partial charge in [0, 0.05) is 12.0 Å². The molecule has 0 heterocycles. The highest BCUT2D eigenvalue weighted by atomic mass is 16.4. The standard InChI is InChI=1S/C10H18N2O4/c1-10(16,9(14)15)5-12-8(13)6-2-3-7(11)4-6/h6-7,16H,2-5,11H2,1H3,(H,12,13)(H,14,15). The van der Waals surface area contributed by atoms with Gasteiger partial charge in [0.15, 0.2) is 5.60 Å². The Morgan fingerprint density at radius 3 is 2.56 bits per heavy atom. The fraction of sp³-hybridized carbons (Fsp3) is 0.800. The van der Waals surface area contributed by atoms with Gasteiger partial charge in [-0.05, 0) is 26.2 Å². The van der Waals surface area contributed by atoms with Crippen molar-refractivity contribution in [1.82, 2.24) is 5.32 Å². The number of carbonyl (C=O) groups excluding carboxylic acids is 1. The van der Waals surface area contributed by atoms with Crippen LogP contribution in [-0.4, -0.2) is 40.3 Å². The molecule has 1 fully saturated rings. The van der Waals surface area contributed by atoms with Crippen LogP contribution < -0.4 is 11.1 Å². The number of hydrogen-bond donors (Lipinski definition) is 4. The van der Waals surface area contributed by atoms with Crippen LogP contribution in [0, 0.1) is 5.92 Å². The van der Waals surface area contributed by atoms with Crippen LogP contribution in [0.25, 0.3) is 0 Å². The van der Waals surface area contributed by atoms with Crippen molar-refractivity contribution in [3.05, 3.63) is 0 Å². The number of nitrogens with two attached hydrogens (primary N) is 1. The highest BCUT2D eigenvalue weighted by Gasteiger charge is 2.33. The summed E-state index contributed by atoms with van der Waals surface area (Å²) in [6.07, 6.45) is 2.16. The fourth-order valence-electron chi connectivity index (χ4n) is 1.73. The fourth-order valence-corrected chi connectivity index (χ4v) is 1.73. The molecule has 1 rings (SSSR count). The van der Waals surface area contributed by atoms with E-state index in [0.29, 0.717) is 6.42 Å². The van der Waals surface area contributed by atoms with Crippen molar-refractivity contribution in [3.8, 4) is 0 Å². The first-order valence-electron chi connectivity index (χ1n) is 5.32. The smallest absolute Gasteiger partial charge is 0.337 e. The highest BCUT2D eigenvalue weighted by Crippen LogP contribution is 2.24. The molecule has 6 heteroatoms. The second-order valence-electron chi connectivity index (χ2n) is 4.57. The molecule has 3 unspecified atom stereocenters. The lowest BCUT2D eigenvalue weighted by Gasteiger charge is -2.19. The molecule has 16 heavy (non-hydrogen) atoms. The van der Waals surface area contributed by atoms with Crippen molar-refractivity contribution in [1.29, 1.82) is 0 Å². The van der Waals surface area contributed by atoms with Gasteiger partial charge in [-0.25, -0.2) is 4.79 Å². The molecule has 92 valence electrons. The van der Waals surface area contributed by atoms with Gasteiger partial charge in [0.25, 0.3) is 0 Å². The van der Waals surface area contributed by atoms with E-state index < -0.39 is 11.6 Å². The average Bonchev–Trinajstić information content (AvgIpc) is 2.61. The molecule has 1 saturated carbocycles. The molecule has 0 aliphatic heterocycles. The maximum Gasteiger partial charge on any atom is 0.337 e. The van der Waals surface area contributed by atoms with Crippen LogP contribution in [0.1, 0.15) is 26.2 Å². The zero-order valence-electron chi connectivity index (χ0n) is 9.27. The first-order chi connectivity index (χ1) is 7.33. The number of carbonyl (C=O) groups is 2. The molecule has 0 aromatic heterocycles. The van der Waals surface area contributed by atoms with Crippen molar-refractivity contribution in [2.24, 2.45) is 11.7 Å². The molecule has 3 atom stereocenters. The summed E-state index contributed by atoms with van der Waals surface area (Å²) in [5, 5.41) is 20.5. The van der Waals surface area contributed by atoms with Gasteiger partial charge in [-0.2, -0.15) is 0 Å². The summed E-state index contributed by atoms with van der Waals surface area (Å²) in [5.74, 6) is -1.73. The largest absolute Gasteiger partial charge is 0.479 e.